The Morgan fingerprint density at radius 3 is 2.94 bits per heavy atom. The molecule has 2 rings (SSSR count). The van der Waals surface area contributed by atoms with Crippen molar-refractivity contribution in [1.82, 2.24) is 5.32 Å². The van der Waals surface area contributed by atoms with Crippen molar-refractivity contribution in [2.24, 2.45) is 0 Å². The molecule has 5 heteroatoms. The first-order chi connectivity index (χ1) is 8.15. The number of nitrogens with one attached hydrogen (secondary N) is 1. The highest BCUT2D eigenvalue weighted by atomic mass is 79.9. The van der Waals surface area contributed by atoms with Crippen molar-refractivity contribution in [2.75, 3.05) is 0 Å². The highest BCUT2D eigenvalue weighted by molar-refractivity contribution is 9.11. The fourth-order valence-electron chi connectivity index (χ4n) is 1.55. The van der Waals surface area contributed by atoms with Crippen LogP contribution in [0.3, 0.4) is 0 Å². The molecule has 2 nitrogen and oxygen atoms in total. The molecular formula is C12H12BrNOS2. The maximum absolute atomic E-state index is 11.9. The normalized spacial score (nSPS) is 12.4. The van der Waals surface area contributed by atoms with Crippen LogP contribution in [0.1, 0.15) is 22.8 Å². The third-order valence-corrected chi connectivity index (χ3v) is 4.57. The summed E-state index contributed by atoms with van der Waals surface area (Å²) in [6.45, 7) is 2.02. The fourth-order valence-corrected chi connectivity index (χ4v) is 3.37. The topological polar surface area (TPSA) is 29.1 Å². The minimum Gasteiger partial charge on any atom is -0.349 e. The van der Waals surface area contributed by atoms with Crippen LogP contribution < -0.4 is 5.32 Å². The summed E-state index contributed by atoms with van der Waals surface area (Å²) in [7, 11) is 0. The lowest BCUT2D eigenvalue weighted by Crippen LogP contribution is -2.33. The van der Waals surface area contributed by atoms with Crippen LogP contribution in [-0.2, 0) is 6.42 Å². The zero-order valence-electron chi connectivity index (χ0n) is 9.27. The highest BCUT2D eigenvalue weighted by Crippen LogP contribution is 2.20. The lowest BCUT2D eigenvalue weighted by Gasteiger charge is -2.12. The summed E-state index contributed by atoms with van der Waals surface area (Å²) in [6, 6.07) is 4.09. The van der Waals surface area contributed by atoms with E-state index in [9.17, 15) is 4.79 Å². The monoisotopic (exact) mass is 329 g/mol. The Labute approximate surface area is 117 Å². The Morgan fingerprint density at radius 2 is 2.35 bits per heavy atom. The Hall–Kier alpha value is -0.650. The van der Waals surface area contributed by atoms with Crippen LogP contribution in [0.15, 0.2) is 32.1 Å². The van der Waals surface area contributed by atoms with Crippen molar-refractivity contribution in [1.29, 1.82) is 0 Å². The van der Waals surface area contributed by atoms with E-state index in [-0.39, 0.29) is 11.9 Å². The molecule has 17 heavy (non-hydrogen) atoms. The predicted molar refractivity (Wildman–Crippen MR) is 77.0 cm³/mol. The van der Waals surface area contributed by atoms with Crippen LogP contribution in [-0.4, -0.2) is 11.9 Å². The molecule has 1 unspecified atom stereocenters. The van der Waals surface area contributed by atoms with Gasteiger partial charge in [-0.3, -0.25) is 4.79 Å². The summed E-state index contributed by atoms with van der Waals surface area (Å²) in [4.78, 5) is 11.9. The molecule has 0 aliphatic carbocycles. The summed E-state index contributed by atoms with van der Waals surface area (Å²) < 4.78 is 0.980. The van der Waals surface area contributed by atoms with E-state index >= 15 is 0 Å². The maximum atomic E-state index is 11.9. The molecule has 0 bridgehead atoms. The number of carbonyl (C=O) groups excluding carboxylic acids is 1. The first-order valence-electron chi connectivity index (χ1n) is 5.21. The smallest absolute Gasteiger partial charge is 0.252 e. The van der Waals surface area contributed by atoms with Gasteiger partial charge in [-0.2, -0.15) is 11.3 Å². The molecule has 2 aromatic heterocycles. The SMILES string of the molecule is CC(Cc1ccsc1)NC(=O)c1csc(Br)c1. The average Bonchev–Trinajstić information content (AvgIpc) is 2.89. The van der Waals surface area contributed by atoms with Crippen LogP contribution in [0.25, 0.3) is 0 Å². The Morgan fingerprint density at radius 1 is 1.53 bits per heavy atom. The molecule has 1 N–H and O–H groups in total. The minimum atomic E-state index is -0.00493. The van der Waals surface area contributed by atoms with E-state index < -0.39 is 0 Å². The van der Waals surface area contributed by atoms with Crippen LogP contribution in [0.2, 0.25) is 0 Å². The third kappa shape index (κ3) is 3.66. The molecule has 0 spiro atoms. The lowest BCUT2D eigenvalue weighted by molar-refractivity contribution is 0.0940. The zero-order chi connectivity index (χ0) is 12.3. The van der Waals surface area contributed by atoms with Crippen molar-refractivity contribution in [3.05, 3.63) is 43.2 Å². The molecule has 90 valence electrons. The van der Waals surface area contributed by atoms with Gasteiger partial charge in [0.25, 0.3) is 5.91 Å². The third-order valence-electron chi connectivity index (χ3n) is 2.33. The largest absolute Gasteiger partial charge is 0.349 e. The second kappa shape index (κ2) is 5.80. The Balaban J connectivity index is 1.90. The summed E-state index contributed by atoms with van der Waals surface area (Å²) in [5.74, 6) is -0.00493. The molecule has 0 fully saturated rings. The van der Waals surface area contributed by atoms with E-state index in [1.807, 2.05) is 18.4 Å². The van der Waals surface area contributed by atoms with Crippen molar-refractivity contribution in [3.63, 3.8) is 0 Å². The van der Waals surface area contributed by atoms with Crippen molar-refractivity contribution >= 4 is 44.5 Å². The van der Waals surface area contributed by atoms with Gasteiger partial charge in [0, 0.05) is 11.4 Å². The van der Waals surface area contributed by atoms with Crippen molar-refractivity contribution in [3.8, 4) is 0 Å². The molecule has 2 aromatic rings. The van der Waals surface area contributed by atoms with Gasteiger partial charge >= 0.3 is 0 Å². The summed E-state index contributed by atoms with van der Waals surface area (Å²) in [5.41, 5.74) is 1.99. The molecule has 2 heterocycles. The molecule has 0 aliphatic heterocycles. The van der Waals surface area contributed by atoms with E-state index in [1.165, 1.54) is 16.9 Å². The first kappa shape index (κ1) is 12.8. The van der Waals surface area contributed by atoms with Gasteiger partial charge in [-0.1, -0.05) is 0 Å². The summed E-state index contributed by atoms with van der Waals surface area (Å²) >= 11 is 6.56. The second-order valence-corrected chi connectivity index (χ2v) is 6.92. The quantitative estimate of drug-likeness (QED) is 0.904. The second-order valence-electron chi connectivity index (χ2n) is 3.85. The zero-order valence-corrected chi connectivity index (χ0v) is 12.5. The van der Waals surface area contributed by atoms with E-state index in [0.717, 1.165) is 15.8 Å². The number of amides is 1. The summed E-state index contributed by atoms with van der Waals surface area (Å²) in [5, 5.41) is 9.03. The molecule has 0 saturated carbocycles. The minimum absolute atomic E-state index is 0.00493. The number of hydrogen-bond acceptors (Lipinski definition) is 3. The molecular weight excluding hydrogens is 318 g/mol. The van der Waals surface area contributed by atoms with Gasteiger partial charge in [-0.15, -0.1) is 11.3 Å². The van der Waals surface area contributed by atoms with Crippen LogP contribution >= 0.6 is 38.6 Å². The molecule has 1 atom stereocenters. The molecule has 0 aliphatic rings. The van der Waals surface area contributed by atoms with Gasteiger partial charge in [0.05, 0.1) is 9.35 Å². The first-order valence-corrected chi connectivity index (χ1v) is 7.82. The molecule has 0 saturated heterocycles. The highest BCUT2D eigenvalue weighted by Gasteiger charge is 2.11. The number of halogens is 1. The van der Waals surface area contributed by atoms with E-state index in [1.54, 1.807) is 11.3 Å². The number of thiophene rings is 2. The van der Waals surface area contributed by atoms with Crippen LogP contribution in [0.4, 0.5) is 0 Å². The van der Waals surface area contributed by atoms with Crippen LogP contribution in [0, 0.1) is 0 Å². The molecule has 1 amide bonds. The average molecular weight is 330 g/mol. The van der Waals surface area contributed by atoms with Gasteiger partial charge in [0.15, 0.2) is 0 Å². The maximum Gasteiger partial charge on any atom is 0.252 e. The number of hydrogen-bond donors (Lipinski definition) is 1. The van der Waals surface area contributed by atoms with Crippen LogP contribution in [0.5, 0.6) is 0 Å². The van der Waals surface area contributed by atoms with Gasteiger partial charge < -0.3 is 5.32 Å². The molecule has 0 aromatic carbocycles. The van der Waals surface area contributed by atoms with E-state index in [2.05, 4.69) is 38.1 Å². The Kier molecular flexibility index (Phi) is 4.36. The van der Waals surface area contributed by atoms with E-state index in [0.29, 0.717) is 0 Å². The standard InChI is InChI=1S/C12H12BrNOS2/c1-8(4-9-2-3-16-6-9)14-12(15)10-5-11(13)17-7-10/h2-3,5-8H,4H2,1H3,(H,14,15). The molecule has 0 radical (unpaired) electrons. The van der Waals surface area contributed by atoms with E-state index in [4.69, 9.17) is 0 Å². The van der Waals surface area contributed by atoms with Gasteiger partial charge in [-0.05, 0) is 57.7 Å². The van der Waals surface area contributed by atoms with Crippen molar-refractivity contribution in [2.45, 2.75) is 19.4 Å². The predicted octanol–water partition coefficient (Wildman–Crippen LogP) is 3.93. The lowest BCUT2D eigenvalue weighted by atomic mass is 10.1. The van der Waals surface area contributed by atoms with Gasteiger partial charge in [-0.25, -0.2) is 0 Å². The summed E-state index contributed by atoms with van der Waals surface area (Å²) in [6.07, 6.45) is 0.876. The fraction of sp³-hybridized carbons (Fsp3) is 0.250. The van der Waals surface area contributed by atoms with Gasteiger partial charge in [0.1, 0.15) is 0 Å². The Bertz CT molecular complexity index is 492. The van der Waals surface area contributed by atoms with Gasteiger partial charge in [0.2, 0.25) is 0 Å². The number of carbonyl (C=O) groups is 1. The number of rotatable bonds is 4. The van der Waals surface area contributed by atoms with Crippen molar-refractivity contribution < 1.29 is 4.79 Å².